The van der Waals surface area contributed by atoms with Gasteiger partial charge in [0.2, 0.25) is 5.91 Å². The zero-order valence-corrected chi connectivity index (χ0v) is 13.8. The third kappa shape index (κ3) is 4.10. The van der Waals surface area contributed by atoms with Crippen molar-refractivity contribution in [3.05, 3.63) is 46.4 Å². The van der Waals surface area contributed by atoms with E-state index in [1.165, 1.54) is 4.68 Å². The Hall–Kier alpha value is -2.44. The molecule has 0 bridgehead atoms. The van der Waals surface area contributed by atoms with E-state index in [9.17, 15) is 9.59 Å². The van der Waals surface area contributed by atoms with Crippen molar-refractivity contribution in [1.82, 2.24) is 24.6 Å². The number of rotatable bonds is 7. The van der Waals surface area contributed by atoms with Gasteiger partial charge in [-0.3, -0.25) is 14.3 Å². The summed E-state index contributed by atoms with van der Waals surface area (Å²) in [5.41, 5.74) is 0.897. The van der Waals surface area contributed by atoms with Crippen LogP contribution in [0.15, 0.2) is 29.2 Å². The number of nitrogens with one attached hydrogen (secondary N) is 1. The van der Waals surface area contributed by atoms with Gasteiger partial charge in [-0.15, -0.1) is 0 Å². The van der Waals surface area contributed by atoms with Crippen LogP contribution in [-0.4, -0.2) is 31.8 Å². The normalized spacial score (nSPS) is 13.5. The SMILES string of the molecule is O=C(CCc1ccccn1)NCCCn1nc2n(c1=O)CCCC2. The van der Waals surface area contributed by atoms with Gasteiger partial charge in [0.15, 0.2) is 0 Å². The highest BCUT2D eigenvalue weighted by Crippen LogP contribution is 2.09. The van der Waals surface area contributed by atoms with Crippen molar-refractivity contribution in [3.63, 3.8) is 0 Å². The Balaban J connectivity index is 1.38. The maximum Gasteiger partial charge on any atom is 0.345 e. The predicted octanol–water partition coefficient (Wildman–Crippen LogP) is 0.915. The quantitative estimate of drug-likeness (QED) is 0.766. The summed E-state index contributed by atoms with van der Waals surface area (Å²) >= 11 is 0. The third-order valence-corrected chi connectivity index (χ3v) is 4.23. The van der Waals surface area contributed by atoms with Crippen molar-refractivity contribution in [1.29, 1.82) is 0 Å². The molecule has 0 aromatic carbocycles. The molecule has 2 aromatic heterocycles. The Labute approximate surface area is 140 Å². The molecule has 0 aliphatic carbocycles. The molecule has 1 aliphatic rings. The first-order valence-corrected chi connectivity index (χ1v) is 8.57. The highest BCUT2D eigenvalue weighted by atomic mass is 16.2. The molecule has 1 N–H and O–H groups in total. The van der Waals surface area contributed by atoms with E-state index in [1.54, 1.807) is 10.8 Å². The number of aryl methyl sites for hydroxylation is 3. The molecule has 7 heteroatoms. The van der Waals surface area contributed by atoms with E-state index in [4.69, 9.17) is 0 Å². The molecule has 24 heavy (non-hydrogen) atoms. The summed E-state index contributed by atoms with van der Waals surface area (Å²) in [6.07, 6.45) is 6.52. The van der Waals surface area contributed by atoms with E-state index in [1.807, 2.05) is 18.2 Å². The molecule has 0 spiro atoms. The van der Waals surface area contributed by atoms with E-state index in [0.717, 1.165) is 37.3 Å². The molecule has 0 saturated carbocycles. The fraction of sp³-hybridized carbons (Fsp3) is 0.529. The average molecular weight is 329 g/mol. The van der Waals surface area contributed by atoms with E-state index >= 15 is 0 Å². The summed E-state index contributed by atoms with van der Waals surface area (Å²) in [7, 11) is 0. The van der Waals surface area contributed by atoms with E-state index in [-0.39, 0.29) is 11.6 Å². The first-order chi connectivity index (χ1) is 11.7. The monoisotopic (exact) mass is 329 g/mol. The van der Waals surface area contributed by atoms with Crippen LogP contribution in [0.1, 0.15) is 37.2 Å². The molecular weight excluding hydrogens is 306 g/mol. The van der Waals surface area contributed by atoms with Crippen molar-refractivity contribution in [2.45, 2.75) is 51.6 Å². The second kappa shape index (κ2) is 7.90. The molecule has 0 unspecified atom stereocenters. The average Bonchev–Trinajstić information content (AvgIpc) is 2.94. The summed E-state index contributed by atoms with van der Waals surface area (Å²) in [6, 6.07) is 5.70. The largest absolute Gasteiger partial charge is 0.356 e. The minimum Gasteiger partial charge on any atom is -0.356 e. The topological polar surface area (TPSA) is 81.8 Å². The summed E-state index contributed by atoms with van der Waals surface area (Å²) in [5.74, 6) is 0.905. The lowest BCUT2D eigenvalue weighted by Gasteiger charge is -2.09. The third-order valence-electron chi connectivity index (χ3n) is 4.23. The first kappa shape index (κ1) is 16.4. The van der Waals surface area contributed by atoms with Gasteiger partial charge in [0, 0.05) is 44.4 Å². The molecule has 1 amide bonds. The van der Waals surface area contributed by atoms with E-state index in [2.05, 4.69) is 15.4 Å². The number of amides is 1. The van der Waals surface area contributed by atoms with Crippen LogP contribution >= 0.6 is 0 Å². The molecule has 1 aliphatic heterocycles. The summed E-state index contributed by atoms with van der Waals surface area (Å²) in [4.78, 5) is 28.2. The molecule has 2 aromatic rings. The Morgan fingerprint density at radius 1 is 1.29 bits per heavy atom. The van der Waals surface area contributed by atoms with Gasteiger partial charge in [-0.1, -0.05) is 6.07 Å². The molecule has 0 radical (unpaired) electrons. The number of hydrogen-bond donors (Lipinski definition) is 1. The number of pyridine rings is 1. The van der Waals surface area contributed by atoms with E-state index < -0.39 is 0 Å². The lowest BCUT2D eigenvalue weighted by Crippen LogP contribution is -2.29. The number of hydrogen-bond acceptors (Lipinski definition) is 4. The molecule has 7 nitrogen and oxygen atoms in total. The smallest absolute Gasteiger partial charge is 0.345 e. The molecular formula is C17H23N5O2. The minimum atomic E-state index is -0.0221. The van der Waals surface area contributed by atoms with Crippen molar-refractivity contribution in [2.75, 3.05) is 6.54 Å². The van der Waals surface area contributed by atoms with Crippen molar-refractivity contribution < 1.29 is 4.79 Å². The highest BCUT2D eigenvalue weighted by Gasteiger charge is 2.16. The minimum absolute atomic E-state index is 0.0112. The van der Waals surface area contributed by atoms with Crippen LogP contribution in [0.2, 0.25) is 0 Å². The second-order valence-electron chi connectivity index (χ2n) is 6.06. The molecule has 3 heterocycles. The standard InChI is InChI=1S/C17H23N5O2/c23-16(9-8-14-6-1-3-10-18-14)19-11-5-13-22-17(24)21-12-4-2-7-15(21)20-22/h1,3,6,10H,2,4-5,7-9,11-13H2,(H,19,23). The van der Waals surface area contributed by atoms with Crippen LogP contribution in [-0.2, 0) is 30.7 Å². The fourth-order valence-corrected chi connectivity index (χ4v) is 2.93. The van der Waals surface area contributed by atoms with Gasteiger partial charge in [-0.25, -0.2) is 9.48 Å². The van der Waals surface area contributed by atoms with Crippen molar-refractivity contribution in [3.8, 4) is 0 Å². The number of carbonyl (C=O) groups is 1. The number of fused-ring (bicyclic) bond motifs is 1. The van der Waals surface area contributed by atoms with Gasteiger partial charge in [-0.2, -0.15) is 5.10 Å². The Kier molecular flexibility index (Phi) is 5.40. The number of nitrogens with zero attached hydrogens (tertiary/aromatic N) is 4. The van der Waals surface area contributed by atoms with Crippen LogP contribution in [0.3, 0.4) is 0 Å². The van der Waals surface area contributed by atoms with Crippen LogP contribution in [0.25, 0.3) is 0 Å². The lowest BCUT2D eigenvalue weighted by molar-refractivity contribution is -0.121. The Morgan fingerprint density at radius 3 is 3.00 bits per heavy atom. The first-order valence-electron chi connectivity index (χ1n) is 8.57. The zero-order chi connectivity index (χ0) is 16.8. The summed E-state index contributed by atoms with van der Waals surface area (Å²) < 4.78 is 3.30. The highest BCUT2D eigenvalue weighted by molar-refractivity contribution is 5.76. The lowest BCUT2D eigenvalue weighted by atomic mass is 10.2. The molecule has 0 saturated heterocycles. The van der Waals surface area contributed by atoms with Crippen LogP contribution in [0, 0.1) is 0 Å². The van der Waals surface area contributed by atoms with Crippen LogP contribution < -0.4 is 11.0 Å². The van der Waals surface area contributed by atoms with Crippen LogP contribution in [0.4, 0.5) is 0 Å². The Morgan fingerprint density at radius 2 is 2.21 bits per heavy atom. The fourth-order valence-electron chi connectivity index (χ4n) is 2.93. The van der Waals surface area contributed by atoms with Gasteiger partial charge in [0.1, 0.15) is 5.82 Å². The molecule has 3 rings (SSSR count). The second-order valence-corrected chi connectivity index (χ2v) is 6.06. The molecule has 0 atom stereocenters. The number of carbonyl (C=O) groups excluding carboxylic acids is 1. The van der Waals surface area contributed by atoms with Gasteiger partial charge in [0.05, 0.1) is 0 Å². The predicted molar refractivity (Wildman–Crippen MR) is 89.6 cm³/mol. The molecule has 128 valence electrons. The maximum atomic E-state index is 12.2. The van der Waals surface area contributed by atoms with Gasteiger partial charge in [-0.05, 0) is 37.8 Å². The van der Waals surface area contributed by atoms with Crippen molar-refractivity contribution >= 4 is 5.91 Å². The van der Waals surface area contributed by atoms with Gasteiger partial charge in [0.25, 0.3) is 0 Å². The summed E-state index contributed by atoms with van der Waals surface area (Å²) in [5, 5.41) is 7.28. The maximum absolute atomic E-state index is 12.2. The van der Waals surface area contributed by atoms with Crippen LogP contribution in [0.5, 0.6) is 0 Å². The summed E-state index contributed by atoms with van der Waals surface area (Å²) in [6.45, 7) is 1.87. The van der Waals surface area contributed by atoms with E-state index in [0.29, 0.717) is 32.4 Å². The molecule has 0 fully saturated rings. The van der Waals surface area contributed by atoms with Gasteiger partial charge < -0.3 is 5.32 Å². The zero-order valence-electron chi connectivity index (χ0n) is 13.8. The Bertz CT molecular complexity index is 735. The number of aromatic nitrogens is 4. The van der Waals surface area contributed by atoms with Gasteiger partial charge >= 0.3 is 5.69 Å². The van der Waals surface area contributed by atoms with Crippen molar-refractivity contribution in [2.24, 2.45) is 0 Å².